The molecule has 1 saturated carbocycles. The quantitative estimate of drug-likeness (QED) is 0.801. The first-order valence-corrected chi connectivity index (χ1v) is 8.15. The van der Waals surface area contributed by atoms with Gasteiger partial charge in [0, 0.05) is 12.6 Å². The van der Waals surface area contributed by atoms with Gasteiger partial charge in [-0.05, 0) is 41.0 Å². The van der Waals surface area contributed by atoms with Crippen molar-refractivity contribution in [1.82, 2.24) is 5.32 Å². The van der Waals surface area contributed by atoms with Crippen molar-refractivity contribution < 1.29 is 0 Å². The van der Waals surface area contributed by atoms with Crippen LogP contribution in [0.15, 0.2) is 48.5 Å². The van der Waals surface area contributed by atoms with E-state index < -0.39 is 0 Å². The fourth-order valence-electron chi connectivity index (χ4n) is 2.83. The van der Waals surface area contributed by atoms with Crippen molar-refractivity contribution >= 4 is 0 Å². The Kier molecular flexibility index (Phi) is 4.40. The molecular formula is C20H25N. The van der Waals surface area contributed by atoms with Gasteiger partial charge in [-0.3, -0.25) is 0 Å². The minimum atomic E-state index is 0.531. The third-order valence-corrected chi connectivity index (χ3v) is 4.49. The monoisotopic (exact) mass is 279 g/mol. The van der Waals surface area contributed by atoms with Gasteiger partial charge >= 0.3 is 0 Å². The molecule has 1 nitrogen and oxygen atoms in total. The summed E-state index contributed by atoms with van der Waals surface area (Å²) in [6, 6.07) is 18.6. The molecule has 0 heterocycles. The molecule has 2 aromatic rings. The zero-order valence-corrected chi connectivity index (χ0v) is 13.1. The Hall–Kier alpha value is -1.60. The van der Waals surface area contributed by atoms with Gasteiger partial charge in [-0.25, -0.2) is 0 Å². The van der Waals surface area contributed by atoms with Gasteiger partial charge in [0.05, 0.1) is 0 Å². The van der Waals surface area contributed by atoms with Gasteiger partial charge in [-0.2, -0.15) is 0 Å². The van der Waals surface area contributed by atoms with Crippen molar-refractivity contribution in [3.8, 4) is 11.1 Å². The van der Waals surface area contributed by atoms with E-state index in [9.17, 15) is 0 Å². The first-order chi connectivity index (χ1) is 10.2. The Bertz CT molecular complexity index is 562. The standard InChI is InChI=1S/C20H25N/c1-15(2)21-14-16-6-8-18(9-7-16)20-12-10-19(11-13-20)17-4-3-5-17/h6-13,15,17,21H,3-5,14H2,1-2H3. The fraction of sp³-hybridized carbons (Fsp3) is 0.400. The second-order valence-electron chi connectivity index (χ2n) is 6.48. The van der Waals surface area contributed by atoms with Crippen LogP contribution in [-0.2, 0) is 6.54 Å². The van der Waals surface area contributed by atoms with E-state index in [1.54, 1.807) is 0 Å². The van der Waals surface area contributed by atoms with Gasteiger partial charge in [-0.1, -0.05) is 68.8 Å². The summed E-state index contributed by atoms with van der Waals surface area (Å²) >= 11 is 0. The van der Waals surface area contributed by atoms with Gasteiger partial charge in [0.25, 0.3) is 0 Å². The molecule has 0 saturated heterocycles. The van der Waals surface area contributed by atoms with E-state index in [4.69, 9.17) is 0 Å². The van der Waals surface area contributed by atoms with Gasteiger partial charge in [0.2, 0.25) is 0 Å². The Morgan fingerprint density at radius 1 is 0.905 bits per heavy atom. The van der Waals surface area contributed by atoms with E-state index in [1.165, 1.54) is 41.5 Å². The van der Waals surface area contributed by atoms with Gasteiger partial charge in [-0.15, -0.1) is 0 Å². The molecule has 0 radical (unpaired) electrons. The van der Waals surface area contributed by atoms with E-state index >= 15 is 0 Å². The van der Waals surface area contributed by atoms with Crippen LogP contribution in [0.3, 0.4) is 0 Å². The lowest BCUT2D eigenvalue weighted by Gasteiger charge is -2.25. The molecule has 1 aliphatic rings. The maximum atomic E-state index is 3.45. The molecule has 0 atom stereocenters. The van der Waals surface area contributed by atoms with Crippen LogP contribution in [0.5, 0.6) is 0 Å². The van der Waals surface area contributed by atoms with E-state index in [0.29, 0.717) is 6.04 Å². The largest absolute Gasteiger partial charge is 0.310 e. The molecule has 1 heteroatoms. The van der Waals surface area contributed by atoms with E-state index in [-0.39, 0.29) is 0 Å². The molecule has 1 fully saturated rings. The molecule has 1 N–H and O–H groups in total. The summed E-state index contributed by atoms with van der Waals surface area (Å²) in [5.41, 5.74) is 5.49. The topological polar surface area (TPSA) is 12.0 Å². The lowest BCUT2D eigenvalue weighted by Crippen LogP contribution is -2.21. The van der Waals surface area contributed by atoms with Crippen LogP contribution in [0, 0.1) is 0 Å². The molecular weight excluding hydrogens is 254 g/mol. The SMILES string of the molecule is CC(C)NCc1ccc(-c2ccc(C3CCC3)cc2)cc1. The average molecular weight is 279 g/mol. The highest BCUT2D eigenvalue weighted by Gasteiger charge is 2.18. The van der Waals surface area contributed by atoms with E-state index in [1.807, 2.05) is 0 Å². The highest BCUT2D eigenvalue weighted by Crippen LogP contribution is 2.36. The van der Waals surface area contributed by atoms with Gasteiger partial charge < -0.3 is 5.32 Å². The minimum Gasteiger partial charge on any atom is -0.310 e. The van der Waals surface area contributed by atoms with Gasteiger partial charge in [0.1, 0.15) is 0 Å². The van der Waals surface area contributed by atoms with E-state index in [2.05, 4.69) is 67.7 Å². The third-order valence-electron chi connectivity index (χ3n) is 4.49. The van der Waals surface area contributed by atoms with Crippen molar-refractivity contribution in [1.29, 1.82) is 0 Å². The smallest absolute Gasteiger partial charge is 0.0207 e. The summed E-state index contributed by atoms with van der Waals surface area (Å²) in [6.45, 7) is 5.30. The molecule has 0 amide bonds. The van der Waals surface area contributed by atoms with Crippen LogP contribution in [0.4, 0.5) is 0 Å². The highest BCUT2D eigenvalue weighted by molar-refractivity contribution is 5.64. The zero-order chi connectivity index (χ0) is 14.7. The Balaban J connectivity index is 1.68. The lowest BCUT2D eigenvalue weighted by molar-refractivity contribution is 0.420. The number of benzene rings is 2. The Morgan fingerprint density at radius 3 is 1.95 bits per heavy atom. The third kappa shape index (κ3) is 3.54. The summed E-state index contributed by atoms with van der Waals surface area (Å²) in [5, 5.41) is 3.45. The summed E-state index contributed by atoms with van der Waals surface area (Å²) in [7, 11) is 0. The van der Waals surface area contributed by atoms with Crippen LogP contribution in [0.25, 0.3) is 11.1 Å². The second-order valence-corrected chi connectivity index (χ2v) is 6.48. The second kappa shape index (κ2) is 6.44. The van der Waals surface area contributed by atoms with E-state index in [0.717, 1.165) is 12.5 Å². The van der Waals surface area contributed by atoms with Crippen LogP contribution in [0.2, 0.25) is 0 Å². The van der Waals surface area contributed by atoms with Crippen LogP contribution < -0.4 is 5.32 Å². The van der Waals surface area contributed by atoms with Crippen molar-refractivity contribution in [2.75, 3.05) is 0 Å². The maximum Gasteiger partial charge on any atom is 0.0207 e. The normalized spacial score (nSPS) is 15.2. The molecule has 0 bridgehead atoms. The molecule has 0 aliphatic heterocycles. The first kappa shape index (κ1) is 14.3. The molecule has 0 unspecified atom stereocenters. The van der Waals surface area contributed by atoms with Gasteiger partial charge in [0.15, 0.2) is 0 Å². The number of hydrogen-bond acceptors (Lipinski definition) is 1. The Morgan fingerprint density at radius 2 is 1.48 bits per heavy atom. The number of hydrogen-bond donors (Lipinski definition) is 1. The molecule has 0 spiro atoms. The average Bonchev–Trinajstić information content (AvgIpc) is 2.45. The minimum absolute atomic E-state index is 0.531. The fourth-order valence-corrected chi connectivity index (χ4v) is 2.83. The van der Waals surface area contributed by atoms with Crippen LogP contribution in [0.1, 0.15) is 50.2 Å². The van der Waals surface area contributed by atoms with Crippen molar-refractivity contribution in [2.24, 2.45) is 0 Å². The molecule has 0 aromatic heterocycles. The molecule has 2 aromatic carbocycles. The summed E-state index contributed by atoms with van der Waals surface area (Å²) in [4.78, 5) is 0. The lowest BCUT2D eigenvalue weighted by atomic mass is 9.80. The predicted molar refractivity (Wildman–Crippen MR) is 90.4 cm³/mol. The first-order valence-electron chi connectivity index (χ1n) is 8.15. The maximum absolute atomic E-state index is 3.45. The summed E-state index contributed by atoms with van der Waals surface area (Å²) < 4.78 is 0. The molecule has 3 rings (SSSR count). The number of rotatable bonds is 5. The van der Waals surface area contributed by atoms with Crippen LogP contribution in [-0.4, -0.2) is 6.04 Å². The van der Waals surface area contributed by atoms with Crippen molar-refractivity contribution in [2.45, 2.75) is 51.6 Å². The Labute approximate surface area is 128 Å². The highest BCUT2D eigenvalue weighted by atomic mass is 14.9. The number of nitrogens with one attached hydrogen (secondary N) is 1. The summed E-state index contributed by atoms with van der Waals surface area (Å²) in [5.74, 6) is 0.823. The molecule has 21 heavy (non-hydrogen) atoms. The zero-order valence-electron chi connectivity index (χ0n) is 13.1. The predicted octanol–water partition coefficient (Wildman–Crippen LogP) is 5.12. The van der Waals surface area contributed by atoms with Crippen LogP contribution >= 0.6 is 0 Å². The molecule has 110 valence electrons. The summed E-state index contributed by atoms with van der Waals surface area (Å²) in [6.07, 6.45) is 4.14. The van der Waals surface area contributed by atoms with Crippen molar-refractivity contribution in [3.05, 3.63) is 59.7 Å². The molecule has 1 aliphatic carbocycles. The van der Waals surface area contributed by atoms with Crippen molar-refractivity contribution in [3.63, 3.8) is 0 Å².